The molecule has 1 aliphatic carbocycles. The number of ketones is 1. The largest absolute Gasteiger partial charge is 0.294 e. The van der Waals surface area contributed by atoms with E-state index >= 15 is 0 Å². The molecule has 1 fully saturated rings. The van der Waals surface area contributed by atoms with Crippen molar-refractivity contribution in [3.8, 4) is 0 Å². The second kappa shape index (κ2) is 4.99. The van der Waals surface area contributed by atoms with Crippen LogP contribution in [-0.2, 0) is 0 Å². The smallest absolute Gasteiger partial charge is 0.165 e. The van der Waals surface area contributed by atoms with Gasteiger partial charge in [-0.05, 0) is 49.4 Å². The lowest BCUT2D eigenvalue weighted by molar-refractivity contribution is 0.0868. The standard InChI is InChI=1S/C15H19FO/c1-10-4-3-5-12(8-10)15(17)13-6-7-14(16)11(2)9-13/h6-7,9-10,12H,3-5,8H2,1-2H3. The minimum Gasteiger partial charge on any atom is -0.294 e. The van der Waals surface area contributed by atoms with Gasteiger partial charge in [0.15, 0.2) is 5.78 Å². The molecule has 2 heteroatoms. The number of carbonyl (C=O) groups is 1. The maximum Gasteiger partial charge on any atom is 0.165 e. The molecule has 0 aliphatic heterocycles. The first-order valence-corrected chi connectivity index (χ1v) is 6.38. The van der Waals surface area contributed by atoms with Crippen LogP contribution in [0.3, 0.4) is 0 Å². The minimum atomic E-state index is -0.237. The van der Waals surface area contributed by atoms with Crippen LogP contribution in [-0.4, -0.2) is 5.78 Å². The zero-order chi connectivity index (χ0) is 12.4. The van der Waals surface area contributed by atoms with Gasteiger partial charge in [0.25, 0.3) is 0 Å². The van der Waals surface area contributed by atoms with E-state index in [0.717, 1.165) is 19.3 Å². The van der Waals surface area contributed by atoms with E-state index in [1.807, 2.05) is 0 Å². The van der Waals surface area contributed by atoms with Crippen LogP contribution in [0, 0.1) is 24.6 Å². The van der Waals surface area contributed by atoms with E-state index in [1.165, 1.54) is 12.5 Å². The summed E-state index contributed by atoms with van der Waals surface area (Å²) in [5, 5.41) is 0. The minimum absolute atomic E-state index is 0.142. The first kappa shape index (κ1) is 12.3. The number of hydrogen-bond acceptors (Lipinski definition) is 1. The molecule has 1 aliphatic rings. The van der Waals surface area contributed by atoms with Gasteiger partial charge in [0.2, 0.25) is 0 Å². The van der Waals surface area contributed by atoms with E-state index in [0.29, 0.717) is 17.0 Å². The topological polar surface area (TPSA) is 17.1 Å². The van der Waals surface area contributed by atoms with Gasteiger partial charge in [-0.25, -0.2) is 4.39 Å². The molecule has 0 amide bonds. The predicted octanol–water partition coefficient (Wildman–Crippen LogP) is 4.14. The summed E-state index contributed by atoms with van der Waals surface area (Å²) in [4.78, 5) is 12.3. The Labute approximate surface area is 102 Å². The zero-order valence-corrected chi connectivity index (χ0v) is 10.5. The van der Waals surface area contributed by atoms with Crippen LogP contribution in [0.4, 0.5) is 4.39 Å². The van der Waals surface area contributed by atoms with Crippen LogP contribution >= 0.6 is 0 Å². The van der Waals surface area contributed by atoms with Crippen molar-refractivity contribution in [2.45, 2.75) is 39.5 Å². The summed E-state index contributed by atoms with van der Waals surface area (Å²) in [6.45, 7) is 3.91. The van der Waals surface area contributed by atoms with Crippen molar-refractivity contribution in [3.05, 3.63) is 35.1 Å². The van der Waals surface area contributed by atoms with Gasteiger partial charge in [-0.2, -0.15) is 0 Å². The Bertz CT molecular complexity index is 425. The maximum absolute atomic E-state index is 13.2. The molecule has 0 saturated heterocycles. The Hall–Kier alpha value is -1.18. The molecule has 2 atom stereocenters. The van der Waals surface area contributed by atoms with Gasteiger partial charge in [0, 0.05) is 11.5 Å². The van der Waals surface area contributed by atoms with Crippen LogP contribution in [0.2, 0.25) is 0 Å². The summed E-state index contributed by atoms with van der Waals surface area (Å²) in [5.41, 5.74) is 1.22. The molecule has 0 aromatic heterocycles. The van der Waals surface area contributed by atoms with Crippen LogP contribution in [0.15, 0.2) is 18.2 Å². The molecule has 0 bridgehead atoms. The Kier molecular flexibility index (Phi) is 3.60. The molecule has 92 valence electrons. The normalized spacial score (nSPS) is 24.6. The fourth-order valence-electron chi connectivity index (χ4n) is 2.71. The van der Waals surface area contributed by atoms with Gasteiger partial charge >= 0.3 is 0 Å². The van der Waals surface area contributed by atoms with E-state index in [2.05, 4.69) is 6.92 Å². The fraction of sp³-hybridized carbons (Fsp3) is 0.533. The van der Waals surface area contributed by atoms with Crippen molar-refractivity contribution in [3.63, 3.8) is 0 Å². The third-order valence-corrected chi connectivity index (χ3v) is 3.75. The summed E-state index contributed by atoms with van der Waals surface area (Å²) < 4.78 is 13.2. The van der Waals surface area contributed by atoms with E-state index in [-0.39, 0.29) is 17.5 Å². The maximum atomic E-state index is 13.2. The Balaban J connectivity index is 2.15. The molecule has 1 aromatic carbocycles. The van der Waals surface area contributed by atoms with Crippen LogP contribution in [0.1, 0.15) is 48.5 Å². The second-order valence-electron chi connectivity index (χ2n) is 5.30. The Morgan fingerprint density at radius 3 is 2.76 bits per heavy atom. The highest BCUT2D eigenvalue weighted by Gasteiger charge is 2.25. The number of hydrogen-bond donors (Lipinski definition) is 0. The number of carbonyl (C=O) groups excluding carboxylic acids is 1. The lowest BCUT2D eigenvalue weighted by Crippen LogP contribution is -2.22. The van der Waals surface area contributed by atoms with Crippen LogP contribution in [0.25, 0.3) is 0 Å². The summed E-state index contributed by atoms with van der Waals surface area (Å²) in [6, 6.07) is 4.69. The van der Waals surface area contributed by atoms with E-state index in [9.17, 15) is 9.18 Å². The Morgan fingerprint density at radius 2 is 2.12 bits per heavy atom. The monoisotopic (exact) mass is 234 g/mol. The summed E-state index contributed by atoms with van der Waals surface area (Å²) in [5.74, 6) is 0.737. The van der Waals surface area contributed by atoms with Gasteiger partial charge < -0.3 is 0 Å². The molecule has 1 aromatic rings. The number of halogens is 1. The number of Topliss-reactive ketones (excluding diaryl/α,β-unsaturated/α-hetero) is 1. The average Bonchev–Trinajstić information content (AvgIpc) is 2.32. The van der Waals surface area contributed by atoms with Gasteiger partial charge in [-0.3, -0.25) is 4.79 Å². The van der Waals surface area contributed by atoms with Crippen LogP contribution in [0.5, 0.6) is 0 Å². The van der Waals surface area contributed by atoms with E-state index < -0.39 is 0 Å². The van der Waals surface area contributed by atoms with Gasteiger partial charge in [0.1, 0.15) is 5.82 Å². The third-order valence-electron chi connectivity index (χ3n) is 3.75. The van der Waals surface area contributed by atoms with Crippen molar-refractivity contribution < 1.29 is 9.18 Å². The lowest BCUT2D eigenvalue weighted by atomic mass is 9.78. The highest BCUT2D eigenvalue weighted by atomic mass is 19.1. The molecular formula is C15H19FO. The molecular weight excluding hydrogens is 215 g/mol. The Morgan fingerprint density at radius 1 is 1.35 bits per heavy atom. The molecule has 1 saturated carbocycles. The molecule has 17 heavy (non-hydrogen) atoms. The quantitative estimate of drug-likeness (QED) is 0.703. The molecule has 0 heterocycles. The van der Waals surface area contributed by atoms with Crippen molar-refractivity contribution in [2.75, 3.05) is 0 Å². The van der Waals surface area contributed by atoms with E-state index in [1.54, 1.807) is 19.1 Å². The number of benzene rings is 1. The van der Waals surface area contributed by atoms with Gasteiger partial charge in [-0.15, -0.1) is 0 Å². The first-order valence-electron chi connectivity index (χ1n) is 6.38. The molecule has 0 spiro atoms. The van der Waals surface area contributed by atoms with E-state index in [4.69, 9.17) is 0 Å². The average molecular weight is 234 g/mol. The summed E-state index contributed by atoms with van der Waals surface area (Å²) in [7, 11) is 0. The van der Waals surface area contributed by atoms with Gasteiger partial charge in [-0.1, -0.05) is 19.8 Å². The second-order valence-corrected chi connectivity index (χ2v) is 5.30. The molecule has 1 nitrogen and oxygen atoms in total. The lowest BCUT2D eigenvalue weighted by Gasteiger charge is -2.25. The fourth-order valence-corrected chi connectivity index (χ4v) is 2.71. The van der Waals surface area contributed by atoms with Crippen molar-refractivity contribution >= 4 is 5.78 Å². The molecule has 2 rings (SSSR count). The molecule has 2 unspecified atom stereocenters. The summed E-state index contributed by atoms with van der Waals surface area (Å²) in [6.07, 6.45) is 4.33. The molecule has 0 radical (unpaired) electrons. The van der Waals surface area contributed by atoms with Gasteiger partial charge in [0.05, 0.1) is 0 Å². The first-order chi connectivity index (χ1) is 8.08. The van der Waals surface area contributed by atoms with Crippen molar-refractivity contribution in [1.82, 2.24) is 0 Å². The van der Waals surface area contributed by atoms with Crippen molar-refractivity contribution in [2.24, 2.45) is 11.8 Å². The third kappa shape index (κ3) is 2.74. The van der Waals surface area contributed by atoms with Crippen LogP contribution < -0.4 is 0 Å². The highest BCUT2D eigenvalue weighted by Crippen LogP contribution is 2.31. The SMILES string of the molecule is Cc1cc(C(=O)C2CCCC(C)C2)ccc1F. The zero-order valence-electron chi connectivity index (χ0n) is 10.5. The summed E-state index contributed by atoms with van der Waals surface area (Å²) >= 11 is 0. The molecule has 0 N–H and O–H groups in total. The highest BCUT2D eigenvalue weighted by molar-refractivity contribution is 5.98. The van der Waals surface area contributed by atoms with Crippen molar-refractivity contribution in [1.29, 1.82) is 0 Å². The number of aryl methyl sites for hydroxylation is 1. The predicted molar refractivity (Wildman–Crippen MR) is 66.6 cm³/mol. The number of rotatable bonds is 2.